The van der Waals surface area contributed by atoms with Crippen LogP contribution in [0.15, 0.2) is 21.5 Å². The molecule has 0 atom stereocenters. The SMILES string of the molecule is O=C(O)Cc1cnc2[nH]c(=O)oc2c1. The summed E-state index contributed by atoms with van der Waals surface area (Å²) in [5.74, 6) is -1.55. The van der Waals surface area contributed by atoms with Crippen molar-refractivity contribution < 1.29 is 14.3 Å². The highest BCUT2D eigenvalue weighted by Crippen LogP contribution is 2.09. The maximum Gasteiger partial charge on any atom is 0.418 e. The summed E-state index contributed by atoms with van der Waals surface area (Å²) in [7, 11) is 0. The van der Waals surface area contributed by atoms with Crippen molar-refractivity contribution in [3.8, 4) is 0 Å². The molecule has 0 aromatic carbocycles. The summed E-state index contributed by atoms with van der Waals surface area (Å²) >= 11 is 0. The molecule has 2 N–H and O–H groups in total. The molecular formula is C8H6N2O4. The van der Waals surface area contributed by atoms with Crippen molar-refractivity contribution in [3.05, 3.63) is 28.4 Å². The standard InChI is InChI=1S/C8H6N2O4/c11-6(12)2-4-1-5-7(9-3-4)10-8(13)14-5/h1,3H,2H2,(H,11,12)(H,9,10,13). The summed E-state index contributed by atoms with van der Waals surface area (Å²) in [4.78, 5) is 27.3. The number of aromatic amines is 1. The van der Waals surface area contributed by atoms with E-state index >= 15 is 0 Å². The highest BCUT2D eigenvalue weighted by Gasteiger charge is 2.05. The summed E-state index contributed by atoms with van der Waals surface area (Å²) in [6.07, 6.45) is 1.25. The molecule has 0 unspecified atom stereocenters. The molecule has 0 fully saturated rings. The fourth-order valence-corrected chi connectivity index (χ4v) is 1.15. The quantitative estimate of drug-likeness (QED) is 0.708. The molecule has 0 aliphatic carbocycles. The van der Waals surface area contributed by atoms with Gasteiger partial charge in [0.2, 0.25) is 0 Å². The Morgan fingerprint density at radius 1 is 1.64 bits per heavy atom. The number of nitrogens with zero attached hydrogens (tertiary/aromatic N) is 1. The molecule has 72 valence electrons. The third kappa shape index (κ3) is 1.49. The highest BCUT2D eigenvalue weighted by atomic mass is 16.4. The van der Waals surface area contributed by atoms with Gasteiger partial charge in [0.1, 0.15) is 0 Å². The Morgan fingerprint density at radius 3 is 3.14 bits per heavy atom. The van der Waals surface area contributed by atoms with Gasteiger partial charge in [0.25, 0.3) is 0 Å². The van der Waals surface area contributed by atoms with Gasteiger partial charge < -0.3 is 9.52 Å². The molecule has 0 bridgehead atoms. The number of hydrogen-bond donors (Lipinski definition) is 2. The van der Waals surface area contributed by atoms with E-state index in [0.29, 0.717) is 11.2 Å². The van der Waals surface area contributed by atoms with Gasteiger partial charge in [0.15, 0.2) is 11.2 Å². The van der Waals surface area contributed by atoms with Crippen molar-refractivity contribution >= 4 is 17.2 Å². The van der Waals surface area contributed by atoms with Crippen LogP contribution in [0.2, 0.25) is 0 Å². The summed E-state index contributed by atoms with van der Waals surface area (Å²) in [6.45, 7) is 0. The number of nitrogens with one attached hydrogen (secondary N) is 1. The molecular weight excluding hydrogens is 188 g/mol. The van der Waals surface area contributed by atoms with E-state index in [2.05, 4.69) is 9.97 Å². The van der Waals surface area contributed by atoms with E-state index in [1.807, 2.05) is 0 Å². The lowest BCUT2D eigenvalue weighted by molar-refractivity contribution is -0.136. The zero-order valence-corrected chi connectivity index (χ0v) is 6.98. The maximum absolute atomic E-state index is 10.7. The predicted molar refractivity (Wildman–Crippen MR) is 46.0 cm³/mol. The summed E-state index contributed by atoms with van der Waals surface area (Å²) in [6, 6.07) is 1.48. The zero-order valence-electron chi connectivity index (χ0n) is 6.98. The van der Waals surface area contributed by atoms with Crippen LogP contribution >= 0.6 is 0 Å². The number of hydrogen-bond acceptors (Lipinski definition) is 4. The van der Waals surface area contributed by atoms with Crippen LogP contribution in [0.1, 0.15) is 5.56 Å². The second-order valence-corrected chi connectivity index (χ2v) is 2.78. The van der Waals surface area contributed by atoms with E-state index in [1.165, 1.54) is 12.3 Å². The lowest BCUT2D eigenvalue weighted by Crippen LogP contribution is -2.00. The van der Waals surface area contributed by atoms with Crippen molar-refractivity contribution in [3.63, 3.8) is 0 Å². The number of carboxylic acid groups (broad SMARTS) is 1. The van der Waals surface area contributed by atoms with Crippen LogP contribution in [0.3, 0.4) is 0 Å². The summed E-state index contributed by atoms with van der Waals surface area (Å²) in [5, 5.41) is 8.52. The molecule has 2 aromatic rings. The first kappa shape index (κ1) is 8.49. The number of oxazole rings is 1. The summed E-state index contributed by atoms with van der Waals surface area (Å²) < 4.78 is 4.72. The molecule has 0 aliphatic rings. The second kappa shape index (κ2) is 2.99. The van der Waals surface area contributed by atoms with Crippen LogP contribution in [0.5, 0.6) is 0 Å². The van der Waals surface area contributed by atoms with Crippen LogP contribution in [0, 0.1) is 0 Å². The number of H-pyrrole nitrogens is 1. The number of aromatic nitrogens is 2. The Morgan fingerprint density at radius 2 is 2.43 bits per heavy atom. The smallest absolute Gasteiger partial charge is 0.418 e. The second-order valence-electron chi connectivity index (χ2n) is 2.78. The van der Waals surface area contributed by atoms with Crippen LogP contribution < -0.4 is 5.76 Å². The third-order valence-electron chi connectivity index (χ3n) is 1.69. The van der Waals surface area contributed by atoms with Crippen LogP contribution in [-0.2, 0) is 11.2 Å². The fraction of sp³-hybridized carbons (Fsp3) is 0.125. The molecule has 0 amide bonds. The Balaban J connectivity index is 2.50. The van der Waals surface area contributed by atoms with Crippen molar-refractivity contribution in [2.24, 2.45) is 0 Å². The number of aliphatic carboxylic acids is 1. The molecule has 6 heteroatoms. The zero-order chi connectivity index (χ0) is 10.1. The van der Waals surface area contributed by atoms with Crippen molar-refractivity contribution in [1.82, 2.24) is 9.97 Å². The maximum atomic E-state index is 10.7. The molecule has 2 aromatic heterocycles. The van der Waals surface area contributed by atoms with Gasteiger partial charge in [0, 0.05) is 6.20 Å². The molecule has 0 radical (unpaired) electrons. The van der Waals surface area contributed by atoms with Gasteiger partial charge in [-0.2, -0.15) is 0 Å². The first-order valence-electron chi connectivity index (χ1n) is 3.85. The lowest BCUT2D eigenvalue weighted by atomic mass is 10.2. The fourth-order valence-electron chi connectivity index (χ4n) is 1.15. The Hall–Kier alpha value is -2.11. The normalized spacial score (nSPS) is 10.6. The monoisotopic (exact) mass is 194 g/mol. The molecule has 0 saturated heterocycles. The van der Waals surface area contributed by atoms with Gasteiger partial charge in [-0.15, -0.1) is 0 Å². The molecule has 0 aliphatic heterocycles. The van der Waals surface area contributed by atoms with Gasteiger partial charge in [0.05, 0.1) is 6.42 Å². The Kier molecular flexibility index (Phi) is 1.81. The van der Waals surface area contributed by atoms with Crippen LogP contribution in [0.4, 0.5) is 0 Å². The Bertz CT molecular complexity index is 540. The molecule has 0 saturated carbocycles. The molecule has 6 nitrogen and oxygen atoms in total. The van der Waals surface area contributed by atoms with Gasteiger partial charge in [-0.1, -0.05) is 0 Å². The minimum absolute atomic E-state index is 0.141. The van der Waals surface area contributed by atoms with E-state index in [-0.39, 0.29) is 12.0 Å². The number of pyridine rings is 1. The van der Waals surface area contributed by atoms with Crippen molar-refractivity contribution in [2.75, 3.05) is 0 Å². The topological polar surface area (TPSA) is 96.2 Å². The van der Waals surface area contributed by atoms with E-state index in [0.717, 1.165) is 0 Å². The average molecular weight is 194 g/mol. The predicted octanol–water partition coefficient (Wildman–Crippen LogP) is 0.143. The molecule has 14 heavy (non-hydrogen) atoms. The van der Waals surface area contributed by atoms with Crippen LogP contribution in [0.25, 0.3) is 11.2 Å². The first-order valence-corrected chi connectivity index (χ1v) is 3.85. The van der Waals surface area contributed by atoms with Gasteiger partial charge >= 0.3 is 11.7 Å². The van der Waals surface area contributed by atoms with Crippen LogP contribution in [-0.4, -0.2) is 21.0 Å². The van der Waals surface area contributed by atoms with Crippen molar-refractivity contribution in [1.29, 1.82) is 0 Å². The molecule has 2 heterocycles. The van der Waals surface area contributed by atoms with E-state index < -0.39 is 11.7 Å². The first-order chi connectivity index (χ1) is 6.65. The molecule has 2 rings (SSSR count). The number of carboxylic acids is 1. The van der Waals surface area contributed by atoms with E-state index in [9.17, 15) is 9.59 Å². The molecule has 0 spiro atoms. The van der Waals surface area contributed by atoms with Gasteiger partial charge in [-0.3, -0.25) is 9.78 Å². The number of carbonyl (C=O) groups is 1. The third-order valence-corrected chi connectivity index (χ3v) is 1.69. The Labute approximate surface area is 77.2 Å². The minimum Gasteiger partial charge on any atom is -0.481 e. The highest BCUT2D eigenvalue weighted by molar-refractivity contribution is 5.73. The van der Waals surface area contributed by atoms with E-state index in [4.69, 9.17) is 9.52 Å². The number of fused-ring (bicyclic) bond motifs is 1. The largest absolute Gasteiger partial charge is 0.481 e. The van der Waals surface area contributed by atoms with Gasteiger partial charge in [-0.05, 0) is 11.6 Å². The van der Waals surface area contributed by atoms with E-state index in [1.54, 1.807) is 0 Å². The lowest BCUT2D eigenvalue weighted by Gasteiger charge is -1.93. The van der Waals surface area contributed by atoms with Crippen molar-refractivity contribution in [2.45, 2.75) is 6.42 Å². The average Bonchev–Trinajstić information content (AvgIpc) is 2.42. The minimum atomic E-state index is -0.955. The number of rotatable bonds is 2. The van der Waals surface area contributed by atoms with Gasteiger partial charge in [-0.25, -0.2) is 9.78 Å². The summed E-state index contributed by atoms with van der Waals surface area (Å²) in [5.41, 5.74) is 1.09.